The van der Waals surface area contributed by atoms with E-state index in [4.69, 9.17) is 0 Å². The van der Waals surface area contributed by atoms with Crippen LogP contribution in [0, 0.1) is 0 Å². The number of carbonyl (C=O) groups excluding carboxylic acids is 1. The van der Waals surface area contributed by atoms with E-state index in [0.717, 1.165) is 16.6 Å². The minimum absolute atomic E-state index is 0.163. The highest BCUT2D eigenvalue weighted by Gasteiger charge is 1.98. The molecule has 1 aromatic rings. The third-order valence-electron chi connectivity index (χ3n) is 2.17. The fourth-order valence-electron chi connectivity index (χ4n) is 1.38. The largest absolute Gasteiger partial charge is 0.288 e. The standard InChI is InChI=1S/C13H15BrOS/c1-3-11-9-13(14)7-6-12(11)5-4-8-16-10(2)15/h4-7,9H,3,8H2,1-2H3. The van der Waals surface area contributed by atoms with Crippen molar-refractivity contribution in [3.8, 4) is 0 Å². The van der Waals surface area contributed by atoms with Gasteiger partial charge < -0.3 is 0 Å². The van der Waals surface area contributed by atoms with E-state index in [2.05, 4.69) is 41.1 Å². The molecule has 0 aliphatic heterocycles. The Labute approximate surface area is 109 Å². The van der Waals surface area contributed by atoms with Gasteiger partial charge >= 0.3 is 0 Å². The first kappa shape index (κ1) is 13.5. The molecule has 1 nitrogen and oxygen atoms in total. The van der Waals surface area contributed by atoms with Gasteiger partial charge in [0.15, 0.2) is 5.12 Å². The van der Waals surface area contributed by atoms with Gasteiger partial charge in [-0.25, -0.2) is 0 Å². The third-order valence-corrected chi connectivity index (χ3v) is 3.43. The van der Waals surface area contributed by atoms with Gasteiger partial charge in [-0.2, -0.15) is 0 Å². The Morgan fingerprint density at radius 3 is 2.88 bits per heavy atom. The average Bonchev–Trinajstić information content (AvgIpc) is 2.25. The van der Waals surface area contributed by atoms with Gasteiger partial charge in [-0.1, -0.05) is 52.8 Å². The highest BCUT2D eigenvalue weighted by atomic mass is 79.9. The quantitative estimate of drug-likeness (QED) is 0.824. The van der Waals surface area contributed by atoms with Crippen molar-refractivity contribution in [2.24, 2.45) is 0 Å². The maximum Gasteiger partial charge on any atom is 0.186 e. The van der Waals surface area contributed by atoms with Crippen molar-refractivity contribution in [3.63, 3.8) is 0 Å². The Morgan fingerprint density at radius 1 is 1.50 bits per heavy atom. The van der Waals surface area contributed by atoms with E-state index in [1.807, 2.05) is 12.1 Å². The Morgan fingerprint density at radius 2 is 2.25 bits per heavy atom. The van der Waals surface area contributed by atoms with Crippen LogP contribution in [-0.2, 0) is 11.2 Å². The summed E-state index contributed by atoms with van der Waals surface area (Å²) in [6.45, 7) is 3.74. The number of hydrogen-bond donors (Lipinski definition) is 0. The zero-order chi connectivity index (χ0) is 12.0. The lowest BCUT2D eigenvalue weighted by atomic mass is 10.1. The lowest BCUT2D eigenvalue weighted by molar-refractivity contribution is -0.109. The van der Waals surface area contributed by atoms with Gasteiger partial charge in [0.05, 0.1) is 0 Å². The second-order valence-corrected chi connectivity index (χ2v) is 5.51. The van der Waals surface area contributed by atoms with Gasteiger partial charge in [0.1, 0.15) is 0 Å². The minimum Gasteiger partial charge on any atom is -0.288 e. The van der Waals surface area contributed by atoms with Crippen molar-refractivity contribution in [3.05, 3.63) is 39.9 Å². The molecule has 0 radical (unpaired) electrons. The van der Waals surface area contributed by atoms with Gasteiger partial charge in [-0.05, 0) is 29.7 Å². The minimum atomic E-state index is 0.163. The molecule has 0 aliphatic carbocycles. The number of halogens is 1. The summed E-state index contributed by atoms with van der Waals surface area (Å²) in [6.07, 6.45) is 5.13. The van der Waals surface area contributed by atoms with Crippen molar-refractivity contribution in [2.75, 3.05) is 5.75 Å². The van der Waals surface area contributed by atoms with Crippen LogP contribution in [0.15, 0.2) is 28.7 Å². The van der Waals surface area contributed by atoms with Crippen molar-refractivity contribution in [2.45, 2.75) is 20.3 Å². The molecule has 0 amide bonds. The van der Waals surface area contributed by atoms with Gasteiger partial charge in [0.25, 0.3) is 0 Å². The first-order valence-corrected chi connectivity index (χ1v) is 6.99. The highest BCUT2D eigenvalue weighted by molar-refractivity contribution is 9.10. The molecule has 0 heterocycles. The highest BCUT2D eigenvalue weighted by Crippen LogP contribution is 2.18. The summed E-state index contributed by atoms with van der Waals surface area (Å²) in [5.41, 5.74) is 2.55. The molecule has 0 fully saturated rings. The van der Waals surface area contributed by atoms with E-state index in [-0.39, 0.29) is 5.12 Å². The van der Waals surface area contributed by atoms with Crippen LogP contribution in [-0.4, -0.2) is 10.9 Å². The van der Waals surface area contributed by atoms with E-state index in [1.165, 1.54) is 22.9 Å². The van der Waals surface area contributed by atoms with Crippen LogP contribution in [0.1, 0.15) is 25.0 Å². The van der Waals surface area contributed by atoms with Crippen molar-refractivity contribution in [1.82, 2.24) is 0 Å². The predicted octanol–water partition coefficient (Wildman–Crippen LogP) is 4.30. The van der Waals surface area contributed by atoms with E-state index in [1.54, 1.807) is 6.92 Å². The first-order chi connectivity index (χ1) is 7.63. The molecule has 16 heavy (non-hydrogen) atoms. The number of benzene rings is 1. The summed E-state index contributed by atoms with van der Waals surface area (Å²) in [5.74, 6) is 0.745. The summed E-state index contributed by atoms with van der Waals surface area (Å²) < 4.78 is 1.11. The fourth-order valence-corrected chi connectivity index (χ4v) is 2.22. The number of carbonyl (C=O) groups is 1. The second kappa shape index (κ2) is 6.92. The van der Waals surface area contributed by atoms with Gasteiger partial charge in [0, 0.05) is 17.1 Å². The molecule has 3 heteroatoms. The lowest BCUT2D eigenvalue weighted by Crippen LogP contribution is -1.87. The van der Waals surface area contributed by atoms with Crippen LogP contribution in [0.25, 0.3) is 6.08 Å². The summed E-state index contributed by atoms with van der Waals surface area (Å²) in [4.78, 5) is 10.7. The monoisotopic (exact) mass is 298 g/mol. The molecule has 86 valence electrons. The third kappa shape index (κ3) is 4.54. The van der Waals surface area contributed by atoms with Gasteiger partial charge in [0.2, 0.25) is 0 Å². The van der Waals surface area contributed by atoms with Crippen LogP contribution < -0.4 is 0 Å². The molecule has 0 aromatic heterocycles. The molecule has 1 rings (SSSR count). The lowest BCUT2D eigenvalue weighted by Gasteiger charge is -2.03. The molecule has 0 atom stereocenters. The molecule has 1 aromatic carbocycles. The number of aryl methyl sites for hydroxylation is 1. The van der Waals surface area contributed by atoms with E-state index >= 15 is 0 Å². The normalized spacial score (nSPS) is 10.9. The predicted molar refractivity (Wildman–Crippen MR) is 75.7 cm³/mol. The first-order valence-electron chi connectivity index (χ1n) is 5.21. The Balaban J connectivity index is 2.69. The molecule has 0 saturated heterocycles. The Bertz CT molecular complexity index is 399. The van der Waals surface area contributed by atoms with Gasteiger partial charge in [-0.15, -0.1) is 0 Å². The average molecular weight is 299 g/mol. The summed E-state index contributed by atoms with van der Waals surface area (Å²) in [7, 11) is 0. The zero-order valence-corrected chi connectivity index (χ0v) is 11.9. The van der Waals surface area contributed by atoms with Crippen LogP contribution in [0.3, 0.4) is 0 Å². The van der Waals surface area contributed by atoms with Crippen molar-refractivity contribution in [1.29, 1.82) is 0 Å². The number of hydrogen-bond acceptors (Lipinski definition) is 2. The van der Waals surface area contributed by atoms with Crippen molar-refractivity contribution < 1.29 is 4.79 Å². The molecular weight excluding hydrogens is 284 g/mol. The van der Waals surface area contributed by atoms with Crippen LogP contribution >= 0.6 is 27.7 Å². The van der Waals surface area contributed by atoms with E-state index in [9.17, 15) is 4.79 Å². The molecular formula is C13H15BrOS. The molecule has 0 N–H and O–H groups in total. The maximum absolute atomic E-state index is 10.7. The van der Waals surface area contributed by atoms with E-state index < -0.39 is 0 Å². The maximum atomic E-state index is 10.7. The summed E-state index contributed by atoms with van der Waals surface area (Å²) in [5, 5.41) is 0.163. The molecule has 0 spiro atoms. The Kier molecular flexibility index (Phi) is 5.85. The second-order valence-electron chi connectivity index (χ2n) is 3.40. The SMILES string of the molecule is CCc1cc(Br)ccc1C=CCSC(C)=O. The molecule has 0 bridgehead atoms. The number of rotatable bonds is 4. The Hall–Kier alpha value is -0.540. The molecule has 0 aliphatic rings. The summed E-state index contributed by atoms with van der Waals surface area (Å²) in [6, 6.07) is 6.27. The van der Waals surface area contributed by atoms with Crippen LogP contribution in [0.5, 0.6) is 0 Å². The van der Waals surface area contributed by atoms with Crippen LogP contribution in [0.2, 0.25) is 0 Å². The summed E-state index contributed by atoms with van der Waals surface area (Å²) >= 11 is 4.80. The topological polar surface area (TPSA) is 17.1 Å². The van der Waals surface area contributed by atoms with Gasteiger partial charge in [-0.3, -0.25) is 4.79 Å². The zero-order valence-electron chi connectivity index (χ0n) is 9.50. The molecule has 0 saturated carbocycles. The molecule has 0 unspecified atom stereocenters. The van der Waals surface area contributed by atoms with Crippen LogP contribution in [0.4, 0.5) is 0 Å². The number of thioether (sulfide) groups is 1. The fraction of sp³-hybridized carbons (Fsp3) is 0.308. The van der Waals surface area contributed by atoms with Crippen molar-refractivity contribution >= 4 is 38.9 Å². The smallest absolute Gasteiger partial charge is 0.186 e. The van der Waals surface area contributed by atoms with E-state index in [0.29, 0.717) is 0 Å².